The van der Waals surface area contributed by atoms with Crippen LogP contribution >= 0.6 is 0 Å². The van der Waals surface area contributed by atoms with Crippen molar-refractivity contribution >= 4 is 59.6 Å². The lowest BCUT2D eigenvalue weighted by Gasteiger charge is -2.24. The van der Waals surface area contributed by atoms with Gasteiger partial charge >= 0.3 is 0 Å². The van der Waals surface area contributed by atoms with Crippen LogP contribution in [0.2, 0.25) is 0 Å². The van der Waals surface area contributed by atoms with Crippen LogP contribution in [0.1, 0.15) is 22.9 Å². The summed E-state index contributed by atoms with van der Waals surface area (Å²) in [5, 5.41) is 16.2. The zero-order valence-electron chi connectivity index (χ0n) is 27.7. The summed E-state index contributed by atoms with van der Waals surface area (Å²) in [6.07, 6.45) is 2.69. The van der Waals surface area contributed by atoms with Crippen molar-refractivity contribution in [1.29, 1.82) is 0 Å². The highest BCUT2D eigenvalue weighted by molar-refractivity contribution is 6.25. The SMILES string of the molecule is NC(N/C(=C\Cc1cccc2ccc3ccccc3c12)c1c2ccccc2c(-c2ccccc2)c2ccc3ccccc3c12)c1ccccc1. The van der Waals surface area contributed by atoms with E-state index in [1.54, 1.807) is 0 Å². The van der Waals surface area contributed by atoms with Crippen LogP contribution in [0.4, 0.5) is 0 Å². The zero-order chi connectivity index (χ0) is 33.4. The molecule has 0 amide bonds. The van der Waals surface area contributed by atoms with Gasteiger partial charge in [0.2, 0.25) is 0 Å². The summed E-state index contributed by atoms with van der Waals surface area (Å²) in [4.78, 5) is 0. The van der Waals surface area contributed by atoms with Crippen molar-refractivity contribution in [1.82, 2.24) is 5.32 Å². The normalized spacial score (nSPS) is 12.6. The molecule has 1 atom stereocenters. The monoisotopic (exact) mass is 640 g/mol. The topological polar surface area (TPSA) is 38.0 Å². The van der Waals surface area contributed by atoms with E-state index in [2.05, 4.69) is 181 Å². The second-order valence-corrected chi connectivity index (χ2v) is 13.0. The Morgan fingerprint density at radius 1 is 0.480 bits per heavy atom. The number of hydrogen-bond acceptors (Lipinski definition) is 2. The summed E-state index contributed by atoms with van der Waals surface area (Å²) < 4.78 is 0. The lowest BCUT2D eigenvalue weighted by atomic mass is 9.85. The minimum Gasteiger partial charge on any atom is -0.366 e. The quantitative estimate of drug-likeness (QED) is 0.103. The molecule has 9 rings (SSSR count). The largest absolute Gasteiger partial charge is 0.366 e. The summed E-state index contributed by atoms with van der Waals surface area (Å²) >= 11 is 0. The molecule has 2 nitrogen and oxygen atoms in total. The first-order valence-electron chi connectivity index (χ1n) is 17.3. The average molecular weight is 641 g/mol. The predicted octanol–water partition coefficient (Wildman–Crippen LogP) is 12.0. The van der Waals surface area contributed by atoms with Crippen LogP contribution in [-0.2, 0) is 6.42 Å². The summed E-state index contributed by atoms with van der Waals surface area (Å²) in [5.74, 6) is 0. The van der Waals surface area contributed by atoms with Gasteiger partial charge in [0.15, 0.2) is 0 Å². The summed E-state index contributed by atoms with van der Waals surface area (Å²) in [5.41, 5.74) is 14.0. The molecule has 0 aliphatic rings. The van der Waals surface area contributed by atoms with E-state index < -0.39 is 6.17 Å². The predicted molar refractivity (Wildman–Crippen MR) is 214 cm³/mol. The van der Waals surface area contributed by atoms with Gasteiger partial charge in [-0.2, -0.15) is 0 Å². The standard InChI is InChI=1S/C48H36N2/c49-48(37-18-5-2-6-19-37)50-43(31-29-36-21-13-20-35-27-26-32-14-7-9-22-38(32)44(35)36)47-41-25-12-11-24-40(41)45(34-16-3-1-4-17-34)42-30-28-33-15-8-10-23-39(33)46(42)47/h1-28,30-31,48,50H,29,49H2/b43-31-. The van der Waals surface area contributed by atoms with E-state index >= 15 is 0 Å². The molecule has 238 valence electrons. The van der Waals surface area contributed by atoms with Crippen molar-refractivity contribution in [2.24, 2.45) is 5.73 Å². The smallest absolute Gasteiger partial charge is 0.101 e. The molecule has 0 heterocycles. The minimum absolute atomic E-state index is 0.409. The van der Waals surface area contributed by atoms with Crippen LogP contribution in [0.5, 0.6) is 0 Å². The molecule has 9 aromatic carbocycles. The van der Waals surface area contributed by atoms with Crippen molar-refractivity contribution in [2.75, 3.05) is 0 Å². The molecular formula is C48H36N2. The molecule has 0 saturated heterocycles. The second-order valence-electron chi connectivity index (χ2n) is 13.0. The molecule has 0 aliphatic heterocycles. The molecule has 50 heavy (non-hydrogen) atoms. The molecule has 1 unspecified atom stereocenters. The van der Waals surface area contributed by atoms with Crippen molar-refractivity contribution in [3.8, 4) is 11.1 Å². The Kier molecular flexibility index (Phi) is 7.57. The van der Waals surface area contributed by atoms with Gasteiger partial charge in [-0.25, -0.2) is 0 Å². The Balaban J connectivity index is 1.35. The van der Waals surface area contributed by atoms with Gasteiger partial charge in [-0.1, -0.05) is 182 Å². The van der Waals surface area contributed by atoms with Gasteiger partial charge in [0.05, 0.1) is 0 Å². The van der Waals surface area contributed by atoms with Crippen molar-refractivity contribution in [3.05, 3.63) is 199 Å². The highest BCUT2D eigenvalue weighted by Gasteiger charge is 2.21. The maximum atomic E-state index is 7.04. The van der Waals surface area contributed by atoms with Gasteiger partial charge < -0.3 is 11.1 Å². The first-order valence-corrected chi connectivity index (χ1v) is 17.3. The second kappa shape index (κ2) is 12.7. The van der Waals surface area contributed by atoms with Crippen molar-refractivity contribution in [3.63, 3.8) is 0 Å². The highest BCUT2D eigenvalue weighted by atomic mass is 15.0. The first-order chi connectivity index (χ1) is 24.7. The molecule has 0 saturated carbocycles. The fourth-order valence-electron chi connectivity index (χ4n) is 7.81. The van der Waals surface area contributed by atoms with E-state index in [4.69, 9.17) is 5.73 Å². The molecule has 3 N–H and O–H groups in total. The number of nitrogens with one attached hydrogen (secondary N) is 1. The zero-order valence-corrected chi connectivity index (χ0v) is 27.7. The molecule has 0 bridgehead atoms. The fourth-order valence-corrected chi connectivity index (χ4v) is 7.81. The van der Waals surface area contributed by atoms with Gasteiger partial charge in [-0.3, -0.25) is 0 Å². The van der Waals surface area contributed by atoms with Crippen LogP contribution in [0.3, 0.4) is 0 Å². The van der Waals surface area contributed by atoms with E-state index in [1.165, 1.54) is 76.1 Å². The number of hydrogen-bond donors (Lipinski definition) is 2. The van der Waals surface area contributed by atoms with Crippen LogP contribution in [0.25, 0.3) is 70.7 Å². The summed E-state index contributed by atoms with van der Waals surface area (Å²) in [6, 6.07) is 63.1. The maximum Gasteiger partial charge on any atom is 0.101 e. The van der Waals surface area contributed by atoms with Crippen LogP contribution in [0, 0.1) is 0 Å². The molecule has 0 radical (unpaired) electrons. The summed E-state index contributed by atoms with van der Waals surface area (Å²) in [7, 11) is 0. The Hall–Kier alpha value is -6.22. The first kappa shape index (κ1) is 29.9. The number of nitrogens with two attached hydrogens (primary N) is 1. The van der Waals surface area contributed by atoms with E-state index in [1.807, 2.05) is 6.07 Å². The van der Waals surface area contributed by atoms with Gasteiger partial charge in [-0.15, -0.1) is 0 Å². The minimum atomic E-state index is -0.409. The Bertz CT molecular complexity index is 2710. The molecular weight excluding hydrogens is 605 g/mol. The molecule has 0 fully saturated rings. The molecule has 9 aromatic rings. The molecule has 0 aromatic heterocycles. The van der Waals surface area contributed by atoms with Crippen LogP contribution in [-0.4, -0.2) is 0 Å². The number of allylic oxidation sites excluding steroid dienone is 1. The van der Waals surface area contributed by atoms with Crippen molar-refractivity contribution < 1.29 is 0 Å². The molecule has 0 aliphatic carbocycles. The lowest BCUT2D eigenvalue weighted by Crippen LogP contribution is -2.27. The van der Waals surface area contributed by atoms with Crippen molar-refractivity contribution in [2.45, 2.75) is 12.6 Å². The third-order valence-corrected chi connectivity index (χ3v) is 10.1. The highest BCUT2D eigenvalue weighted by Crippen LogP contribution is 2.44. The van der Waals surface area contributed by atoms with Gasteiger partial charge in [0.25, 0.3) is 0 Å². The Labute approximate surface area is 292 Å². The Morgan fingerprint density at radius 3 is 1.78 bits per heavy atom. The van der Waals surface area contributed by atoms with E-state index in [9.17, 15) is 0 Å². The van der Waals surface area contributed by atoms with Crippen LogP contribution < -0.4 is 11.1 Å². The number of rotatable bonds is 7. The fraction of sp³-hybridized carbons (Fsp3) is 0.0417. The van der Waals surface area contributed by atoms with Crippen LogP contribution in [0.15, 0.2) is 182 Å². The average Bonchev–Trinajstić information content (AvgIpc) is 3.19. The van der Waals surface area contributed by atoms with E-state index in [-0.39, 0.29) is 0 Å². The number of benzene rings is 9. The third-order valence-electron chi connectivity index (χ3n) is 10.1. The molecule has 2 heteroatoms. The number of fused-ring (bicyclic) bond motifs is 7. The van der Waals surface area contributed by atoms with Gasteiger partial charge in [0.1, 0.15) is 6.17 Å². The van der Waals surface area contributed by atoms with Gasteiger partial charge in [0, 0.05) is 16.6 Å². The summed E-state index contributed by atoms with van der Waals surface area (Å²) in [6.45, 7) is 0. The molecule has 0 spiro atoms. The van der Waals surface area contributed by atoms with Gasteiger partial charge in [-0.05, 0) is 77.2 Å². The lowest BCUT2D eigenvalue weighted by molar-refractivity contribution is 0.667. The maximum absolute atomic E-state index is 7.04. The van der Waals surface area contributed by atoms with E-state index in [0.29, 0.717) is 0 Å². The van der Waals surface area contributed by atoms with E-state index in [0.717, 1.165) is 17.7 Å². The third kappa shape index (κ3) is 5.18. The Morgan fingerprint density at radius 2 is 1.04 bits per heavy atom.